The fourth-order valence-corrected chi connectivity index (χ4v) is 3.90. The Bertz CT molecular complexity index is 1420. The first-order chi connectivity index (χ1) is 15.2. The molecule has 5 aromatic rings. The van der Waals surface area contributed by atoms with Gasteiger partial charge in [0.05, 0.1) is 0 Å². The van der Waals surface area contributed by atoms with E-state index in [1.165, 1.54) is 33.2 Å². The molecule has 0 saturated carbocycles. The van der Waals surface area contributed by atoms with Crippen LogP contribution in [0.4, 0.5) is 0 Å². The van der Waals surface area contributed by atoms with Gasteiger partial charge >= 0.3 is 0 Å². The molecule has 0 bridgehead atoms. The van der Waals surface area contributed by atoms with Crippen molar-refractivity contribution in [3.05, 3.63) is 118 Å². The summed E-state index contributed by atoms with van der Waals surface area (Å²) in [7, 11) is 0. The summed E-state index contributed by atoms with van der Waals surface area (Å²) in [4.78, 5) is 0. The summed E-state index contributed by atoms with van der Waals surface area (Å²) in [5, 5.41) is 2.33. The van der Waals surface area contributed by atoms with E-state index in [9.17, 15) is 0 Å². The monoisotopic (exact) mass is 400 g/mol. The van der Waals surface area contributed by atoms with Crippen LogP contribution in [0.3, 0.4) is 0 Å². The van der Waals surface area contributed by atoms with Gasteiger partial charge < -0.3 is 4.42 Å². The topological polar surface area (TPSA) is 13.1 Å². The molecule has 1 heterocycles. The minimum atomic E-state index is 0.921. The zero-order valence-corrected chi connectivity index (χ0v) is 17.8. The van der Waals surface area contributed by atoms with Gasteiger partial charge in [0, 0.05) is 10.8 Å². The lowest BCUT2D eigenvalue weighted by molar-refractivity contribution is 0.668. The maximum atomic E-state index is 6.24. The second-order valence-corrected chi connectivity index (χ2v) is 8.00. The molecule has 0 unspecified atom stereocenters. The van der Waals surface area contributed by atoms with E-state index in [0.717, 1.165) is 22.1 Å². The first kappa shape index (κ1) is 19.1. The predicted octanol–water partition coefficient (Wildman–Crippen LogP) is 8.54. The van der Waals surface area contributed by atoms with E-state index in [0.29, 0.717) is 0 Å². The summed E-state index contributed by atoms with van der Waals surface area (Å²) in [5.41, 5.74) is 9.07. The van der Waals surface area contributed by atoms with Gasteiger partial charge in [-0.25, -0.2) is 0 Å². The Kier molecular flexibility index (Phi) is 5.01. The van der Waals surface area contributed by atoms with Crippen LogP contribution in [0.2, 0.25) is 0 Å². The van der Waals surface area contributed by atoms with E-state index in [2.05, 4.69) is 111 Å². The van der Waals surface area contributed by atoms with Crippen LogP contribution in [0.25, 0.3) is 46.2 Å². The molecular weight excluding hydrogens is 376 g/mol. The summed E-state index contributed by atoms with van der Waals surface area (Å²) < 4.78 is 6.24. The Morgan fingerprint density at radius 2 is 1.00 bits per heavy atom. The van der Waals surface area contributed by atoms with Crippen molar-refractivity contribution in [2.45, 2.75) is 13.8 Å². The van der Waals surface area contributed by atoms with Gasteiger partial charge in [-0.3, -0.25) is 0 Å². The molecule has 0 N–H and O–H groups in total. The fourth-order valence-electron chi connectivity index (χ4n) is 3.90. The molecule has 5 rings (SSSR count). The molecule has 0 aliphatic carbocycles. The third-order valence-corrected chi connectivity index (χ3v) is 5.80. The van der Waals surface area contributed by atoms with Crippen molar-refractivity contribution in [2.24, 2.45) is 0 Å². The molecule has 0 amide bonds. The zero-order chi connectivity index (χ0) is 21.2. The van der Waals surface area contributed by atoms with Crippen molar-refractivity contribution in [1.29, 1.82) is 0 Å². The van der Waals surface area contributed by atoms with Crippen LogP contribution in [0.15, 0.2) is 89.3 Å². The molecule has 4 aromatic carbocycles. The van der Waals surface area contributed by atoms with E-state index in [1.807, 2.05) is 12.1 Å². The first-order valence-electron chi connectivity index (χ1n) is 10.6. The van der Waals surface area contributed by atoms with Crippen LogP contribution in [0.5, 0.6) is 0 Å². The molecule has 0 saturated heterocycles. The third-order valence-electron chi connectivity index (χ3n) is 5.80. The van der Waals surface area contributed by atoms with Gasteiger partial charge in [0.25, 0.3) is 0 Å². The minimum absolute atomic E-state index is 0.921. The zero-order valence-electron chi connectivity index (χ0n) is 17.8. The smallest absolute Gasteiger partial charge is 0.136 e. The molecule has 0 aliphatic rings. The van der Waals surface area contributed by atoms with Crippen LogP contribution < -0.4 is 0 Å². The van der Waals surface area contributed by atoms with Crippen molar-refractivity contribution in [3.8, 4) is 0 Å². The number of rotatable bonds is 4. The Labute approximate surface area is 183 Å². The van der Waals surface area contributed by atoms with Gasteiger partial charge in [0.1, 0.15) is 11.2 Å². The Hall–Kier alpha value is -3.84. The van der Waals surface area contributed by atoms with Gasteiger partial charge in [0.2, 0.25) is 0 Å². The SMILES string of the molecule is Cc1cc2oc3cc(C=Cc4ccccc4)c(C=Cc4ccccc4)cc3c2cc1C. The quantitative estimate of drug-likeness (QED) is 0.275. The summed E-state index contributed by atoms with van der Waals surface area (Å²) in [5.74, 6) is 0. The Morgan fingerprint density at radius 3 is 1.61 bits per heavy atom. The molecule has 150 valence electrons. The van der Waals surface area contributed by atoms with Crippen molar-refractivity contribution in [2.75, 3.05) is 0 Å². The number of aryl methyl sites for hydroxylation is 2. The van der Waals surface area contributed by atoms with Gasteiger partial charge in [-0.1, -0.05) is 85.0 Å². The predicted molar refractivity (Wildman–Crippen MR) is 134 cm³/mol. The second kappa shape index (κ2) is 8.12. The lowest BCUT2D eigenvalue weighted by atomic mass is 9.99. The second-order valence-electron chi connectivity index (χ2n) is 8.00. The minimum Gasteiger partial charge on any atom is -0.456 e. The average Bonchev–Trinajstić information content (AvgIpc) is 3.13. The summed E-state index contributed by atoms with van der Waals surface area (Å²) in [6.07, 6.45) is 8.68. The van der Waals surface area contributed by atoms with Crippen molar-refractivity contribution < 1.29 is 4.42 Å². The third kappa shape index (κ3) is 3.95. The van der Waals surface area contributed by atoms with Crippen LogP contribution in [0, 0.1) is 13.8 Å². The molecule has 1 aromatic heterocycles. The van der Waals surface area contributed by atoms with Gasteiger partial charge in [0.15, 0.2) is 0 Å². The standard InChI is InChI=1S/C30H24O/c1-21-17-27-28-19-25(15-13-23-9-5-3-6-10-23)26(16-14-24-11-7-4-8-12-24)20-30(28)31-29(27)18-22(21)2/h3-20H,1-2H3. The molecule has 1 heteroatoms. The maximum absolute atomic E-state index is 6.24. The average molecular weight is 401 g/mol. The summed E-state index contributed by atoms with van der Waals surface area (Å²) in [6, 6.07) is 29.6. The molecule has 1 nitrogen and oxygen atoms in total. The summed E-state index contributed by atoms with van der Waals surface area (Å²) >= 11 is 0. The molecule has 0 spiro atoms. The van der Waals surface area contributed by atoms with E-state index in [4.69, 9.17) is 4.42 Å². The Morgan fingerprint density at radius 1 is 0.516 bits per heavy atom. The van der Waals surface area contributed by atoms with E-state index in [1.54, 1.807) is 0 Å². The molecule has 0 aliphatic heterocycles. The van der Waals surface area contributed by atoms with Crippen molar-refractivity contribution >= 4 is 46.2 Å². The lowest BCUT2D eigenvalue weighted by Crippen LogP contribution is -1.83. The summed E-state index contributed by atoms with van der Waals surface area (Å²) in [6.45, 7) is 4.28. The molecule has 31 heavy (non-hydrogen) atoms. The highest BCUT2D eigenvalue weighted by molar-refractivity contribution is 6.07. The number of benzene rings is 4. The van der Waals surface area contributed by atoms with Gasteiger partial charge in [-0.05, 0) is 71.5 Å². The van der Waals surface area contributed by atoms with E-state index >= 15 is 0 Å². The number of hydrogen-bond acceptors (Lipinski definition) is 1. The molecule has 0 fully saturated rings. The highest BCUT2D eigenvalue weighted by Crippen LogP contribution is 2.34. The molecule has 0 radical (unpaired) electrons. The van der Waals surface area contributed by atoms with Crippen molar-refractivity contribution in [1.82, 2.24) is 0 Å². The Balaban J connectivity index is 1.67. The lowest BCUT2D eigenvalue weighted by Gasteiger charge is -2.03. The van der Waals surface area contributed by atoms with Gasteiger partial charge in [-0.15, -0.1) is 0 Å². The van der Waals surface area contributed by atoms with Crippen LogP contribution >= 0.6 is 0 Å². The number of furan rings is 1. The van der Waals surface area contributed by atoms with Gasteiger partial charge in [-0.2, -0.15) is 0 Å². The van der Waals surface area contributed by atoms with E-state index < -0.39 is 0 Å². The first-order valence-corrected chi connectivity index (χ1v) is 10.6. The number of hydrogen-bond donors (Lipinski definition) is 0. The van der Waals surface area contributed by atoms with E-state index in [-0.39, 0.29) is 0 Å². The number of fused-ring (bicyclic) bond motifs is 3. The fraction of sp³-hybridized carbons (Fsp3) is 0.0667. The highest BCUT2D eigenvalue weighted by atomic mass is 16.3. The molecular formula is C30H24O. The molecule has 0 atom stereocenters. The largest absolute Gasteiger partial charge is 0.456 e. The normalized spacial score (nSPS) is 11.9. The van der Waals surface area contributed by atoms with Crippen LogP contribution in [-0.4, -0.2) is 0 Å². The maximum Gasteiger partial charge on any atom is 0.136 e. The highest BCUT2D eigenvalue weighted by Gasteiger charge is 2.11. The van der Waals surface area contributed by atoms with Crippen LogP contribution in [-0.2, 0) is 0 Å². The van der Waals surface area contributed by atoms with Crippen LogP contribution in [0.1, 0.15) is 33.4 Å². The van der Waals surface area contributed by atoms with Crippen molar-refractivity contribution in [3.63, 3.8) is 0 Å².